The van der Waals surface area contributed by atoms with E-state index in [-0.39, 0.29) is 12.5 Å². The van der Waals surface area contributed by atoms with E-state index in [4.69, 9.17) is 33.0 Å². The van der Waals surface area contributed by atoms with Crippen LogP contribution in [0.1, 0.15) is 30.9 Å². The minimum atomic E-state index is -0.125. The molecular formula is C26H32Cl2N2O3S. The Kier molecular flexibility index (Phi) is 10.3. The molecule has 0 radical (unpaired) electrons. The minimum absolute atomic E-state index is 0.0296. The van der Waals surface area contributed by atoms with Crippen LogP contribution >= 0.6 is 35.0 Å². The Balaban J connectivity index is 1.65. The molecule has 1 N–H and O–H groups in total. The summed E-state index contributed by atoms with van der Waals surface area (Å²) < 4.78 is 5.33. The molecule has 1 amide bonds. The van der Waals surface area contributed by atoms with Crippen molar-refractivity contribution >= 4 is 46.4 Å². The number of amides is 1. The number of hydrogen-bond acceptors (Lipinski definition) is 5. The highest BCUT2D eigenvalue weighted by Gasteiger charge is 2.25. The van der Waals surface area contributed by atoms with Crippen molar-refractivity contribution in [3.63, 3.8) is 0 Å². The Hall–Kier alpha value is -1.54. The molecule has 1 heterocycles. The number of carbonyl (C=O) groups excluding carboxylic acids is 1. The largest absolute Gasteiger partial charge is 0.394 e. The summed E-state index contributed by atoms with van der Waals surface area (Å²) in [4.78, 5) is 19.1. The summed E-state index contributed by atoms with van der Waals surface area (Å²) in [5.41, 5.74) is 2.17. The van der Waals surface area contributed by atoms with Gasteiger partial charge < -0.3 is 14.7 Å². The van der Waals surface area contributed by atoms with E-state index >= 15 is 0 Å². The number of carbonyl (C=O) groups is 1. The second kappa shape index (κ2) is 13.0. The molecular weight excluding hydrogens is 491 g/mol. The molecule has 0 aromatic heterocycles. The maximum atomic E-state index is 13.1. The highest BCUT2D eigenvalue weighted by atomic mass is 35.5. The van der Waals surface area contributed by atoms with Crippen molar-refractivity contribution in [3.8, 4) is 0 Å². The van der Waals surface area contributed by atoms with E-state index in [9.17, 15) is 4.79 Å². The van der Waals surface area contributed by atoms with Gasteiger partial charge in [-0.2, -0.15) is 0 Å². The Bertz CT molecular complexity index is 1010. The molecule has 0 atom stereocenters. The third-order valence-electron chi connectivity index (χ3n) is 5.84. The molecule has 2 aromatic carbocycles. The number of ether oxygens (including phenoxy) is 1. The van der Waals surface area contributed by atoms with E-state index in [2.05, 4.69) is 37.5 Å². The summed E-state index contributed by atoms with van der Waals surface area (Å²) in [6, 6.07) is 12.0. The second-order valence-corrected chi connectivity index (χ2v) is 10.3. The summed E-state index contributed by atoms with van der Waals surface area (Å²) >= 11 is 14.9. The highest BCUT2D eigenvalue weighted by Crippen LogP contribution is 2.42. The smallest absolute Gasteiger partial charge is 0.254 e. The topological polar surface area (TPSA) is 53.0 Å². The maximum Gasteiger partial charge on any atom is 0.254 e. The zero-order chi connectivity index (χ0) is 24.7. The molecule has 0 unspecified atom stereocenters. The van der Waals surface area contributed by atoms with Gasteiger partial charge in [-0.05, 0) is 23.6 Å². The lowest BCUT2D eigenvalue weighted by Gasteiger charge is -2.35. The van der Waals surface area contributed by atoms with E-state index in [1.54, 1.807) is 16.7 Å². The number of aliphatic hydroxyl groups is 1. The van der Waals surface area contributed by atoms with Gasteiger partial charge in [0.25, 0.3) is 5.91 Å². The van der Waals surface area contributed by atoms with Crippen molar-refractivity contribution in [2.24, 2.45) is 0 Å². The van der Waals surface area contributed by atoms with Gasteiger partial charge in [0, 0.05) is 53.7 Å². The van der Waals surface area contributed by atoms with Crippen LogP contribution in [0.4, 0.5) is 0 Å². The van der Waals surface area contributed by atoms with Crippen LogP contribution in [0.25, 0.3) is 5.57 Å². The Morgan fingerprint density at radius 1 is 1.06 bits per heavy atom. The summed E-state index contributed by atoms with van der Waals surface area (Å²) in [6.45, 7) is 12.9. The molecule has 0 saturated carbocycles. The van der Waals surface area contributed by atoms with Crippen LogP contribution < -0.4 is 0 Å². The minimum Gasteiger partial charge on any atom is -0.394 e. The number of aliphatic hydroxyl groups excluding tert-OH is 1. The molecule has 5 nitrogen and oxygen atoms in total. The first kappa shape index (κ1) is 27.1. The van der Waals surface area contributed by atoms with Crippen molar-refractivity contribution in [2.45, 2.75) is 29.6 Å². The predicted octanol–water partition coefficient (Wildman–Crippen LogP) is 5.43. The van der Waals surface area contributed by atoms with Crippen LogP contribution in [0.2, 0.25) is 10.0 Å². The summed E-state index contributed by atoms with van der Waals surface area (Å²) in [7, 11) is 0. The van der Waals surface area contributed by atoms with Gasteiger partial charge in [-0.15, -0.1) is 0 Å². The molecule has 3 rings (SSSR count). The highest BCUT2D eigenvalue weighted by molar-refractivity contribution is 7.99. The fourth-order valence-corrected chi connectivity index (χ4v) is 5.60. The Labute approximate surface area is 216 Å². The van der Waals surface area contributed by atoms with Crippen LogP contribution in [0, 0.1) is 0 Å². The first-order valence-corrected chi connectivity index (χ1v) is 13.0. The van der Waals surface area contributed by atoms with Gasteiger partial charge in [0.2, 0.25) is 0 Å². The van der Waals surface area contributed by atoms with E-state index < -0.39 is 0 Å². The van der Waals surface area contributed by atoms with Crippen LogP contribution in [-0.2, 0) is 9.53 Å². The molecule has 0 spiro atoms. The molecule has 1 aliphatic heterocycles. The van der Waals surface area contributed by atoms with Crippen LogP contribution in [0.3, 0.4) is 0 Å². The fraction of sp³-hybridized carbons (Fsp3) is 0.423. The number of piperazine rings is 1. The van der Waals surface area contributed by atoms with Gasteiger partial charge in [-0.3, -0.25) is 9.69 Å². The summed E-state index contributed by atoms with van der Waals surface area (Å²) in [5, 5.41) is 9.57. The number of nitrogens with zero attached hydrogens (tertiary/aromatic N) is 2. The van der Waals surface area contributed by atoms with Crippen molar-refractivity contribution < 1.29 is 14.6 Å². The third-order valence-corrected chi connectivity index (χ3v) is 7.98. The lowest BCUT2D eigenvalue weighted by molar-refractivity contribution is -0.126. The van der Waals surface area contributed by atoms with Gasteiger partial charge >= 0.3 is 0 Å². The number of halogens is 2. The first-order chi connectivity index (χ1) is 16.3. The molecule has 1 saturated heterocycles. The van der Waals surface area contributed by atoms with E-state index in [0.717, 1.165) is 29.4 Å². The molecule has 0 aliphatic carbocycles. The van der Waals surface area contributed by atoms with E-state index in [0.29, 0.717) is 53.4 Å². The van der Waals surface area contributed by atoms with Gasteiger partial charge in [0.05, 0.1) is 29.9 Å². The molecule has 2 aromatic rings. The zero-order valence-electron chi connectivity index (χ0n) is 19.7. The lowest BCUT2D eigenvalue weighted by Crippen LogP contribution is -2.49. The van der Waals surface area contributed by atoms with Crippen LogP contribution in [0.5, 0.6) is 0 Å². The van der Waals surface area contributed by atoms with Crippen LogP contribution in [0.15, 0.2) is 52.8 Å². The van der Waals surface area contributed by atoms with Gasteiger partial charge in [0.15, 0.2) is 0 Å². The normalized spacial score (nSPS) is 14.6. The van der Waals surface area contributed by atoms with Gasteiger partial charge in [-0.1, -0.05) is 79.7 Å². The quantitative estimate of drug-likeness (QED) is 0.332. The van der Waals surface area contributed by atoms with Crippen molar-refractivity contribution in [2.75, 3.05) is 52.5 Å². The predicted molar refractivity (Wildman–Crippen MR) is 141 cm³/mol. The molecule has 0 bridgehead atoms. The van der Waals surface area contributed by atoms with E-state index in [1.165, 1.54) is 5.56 Å². The van der Waals surface area contributed by atoms with Crippen molar-refractivity contribution in [3.05, 3.63) is 64.1 Å². The molecule has 8 heteroatoms. The number of rotatable bonds is 10. The monoisotopic (exact) mass is 522 g/mol. The third kappa shape index (κ3) is 6.78. The summed E-state index contributed by atoms with van der Waals surface area (Å²) in [5.74, 6) is 0.267. The lowest BCUT2D eigenvalue weighted by atomic mass is 10.0. The average molecular weight is 524 g/mol. The Morgan fingerprint density at radius 3 is 2.44 bits per heavy atom. The molecule has 1 fully saturated rings. The van der Waals surface area contributed by atoms with Gasteiger partial charge in [0.1, 0.15) is 0 Å². The number of benzene rings is 2. The van der Waals surface area contributed by atoms with Crippen LogP contribution in [-0.4, -0.2) is 73.4 Å². The second-order valence-electron chi connectivity index (χ2n) is 8.48. The molecule has 184 valence electrons. The average Bonchev–Trinajstić information content (AvgIpc) is 2.84. The first-order valence-electron chi connectivity index (χ1n) is 11.5. The zero-order valence-corrected chi connectivity index (χ0v) is 22.1. The SMILES string of the molecule is C=C(C(=O)N1CCN(CCOCCO)CC1)c1ccc(Sc2ccccc2C(C)C)c(Cl)c1Cl. The standard InChI is InChI=1S/C26H32Cl2N2O3S/c1-18(2)20-6-4-5-7-22(20)34-23-9-8-21(24(27)25(23)28)19(3)26(32)30-12-10-29(11-13-30)14-16-33-17-15-31/h4-9,18,31H,3,10-17H2,1-2H3. The van der Waals surface area contributed by atoms with Crippen molar-refractivity contribution in [1.29, 1.82) is 0 Å². The maximum absolute atomic E-state index is 13.1. The summed E-state index contributed by atoms with van der Waals surface area (Å²) in [6.07, 6.45) is 0. The van der Waals surface area contributed by atoms with Crippen molar-refractivity contribution in [1.82, 2.24) is 9.80 Å². The Morgan fingerprint density at radius 2 is 1.76 bits per heavy atom. The van der Waals surface area contributed by atoms with E-state index in [1.807, 2.05) is 24.3 Å². The van der Waals surface area contributed by atoms with Gasteiger partial charge in [-0.25, -0.2) is 0 Å². The molecule has 34 heavy (non-hydrogen) atoms. The molecule has 1 aliphatic rings. The number of hydrogen-bond donors (Lipinski definition) is 1. The fourth-order valence-electron chi connectivity index (χ4n) is 3.85.